The molecule has 1 saturated carbocycles. The molecule has 2 aliphatic rings. The molecule has 18 heavy (non-hydrogen) atoms. The highest BCUT2D eigenvalue weighted by Crippen LogP contribution is 2.46. The minimum Gasteiger partial charge on any atom is -0.481 e. The molecule has 2 atom stereocenters. The molecule has 5 nitrogen and oxygen atoms in total. The van der Waals surface area contributed by atoms with Gasteiger partial charge >= 0.3 is 5.97 Å². The van der Waals surface area contributed by atoms with Crippen LogP contribution in [0.5, 0.6) is 0 Å². The highest BCUT2D eigenvalue weighted by molar-refractivity contribution is 5.71. The van der Waals surface area contributed by atoms with E-state index in [1.165, 1.54) is 0 Å². The van der Waals surface area contributed by atoms with Crippen LogP contribution in [0.25, 0.3) is 0 Å². The van der Waals surface area contributed by atoms with Crippen LogP contribution in [0, 0.1) is 5.92 Å². The Bertz CT molecular complexity index is 502. The third-order valence-electron chi connectivity index (χ3n) is 4.05. The Kier molecular flexibility index (Phi) is 2.50. The van der Waals surface area contributed by atoms with Crippen LogP contribution in [0.3, 0.4) is 0 Å². The highest BCUT2D eigenvalue weighted by atomic mass is 16.5. The van der Waals surface area contributed by atoms with Gasteiger partial charge in [0.1, 0.15) is 0 Å². The first-order valence-electron chi connectivity index (χ1n) is 6.32. The van der Waals surface area contributed by atoms with Gasteiger partial charge < -0.3 is 9.63 Å². The summed E-state index contributed by atoms with van der Waals surface area (Å²) in [4.78, 5) is 15.7. The van der Waals surface area contributed by atoms with Gasteiger partial charge in [0, 0.05) is 5.41 Å². The predicted octanol–water partition coefficient (Wildman–Crippen LogP) is 2.26. The molecule has 0 unspecified atom stereocenters. The maximum Gasteiger partial charge on any atom is 0.307 e. The summed E-state index contributed by atoms with van der Waals surface area (Å²) in [6, 6.07) is 0. The lowest BCUT2D eigenvalue weighted by atomic mass is 9.83. The van der Waals surface area contributed by atoms with Gasteiger partial charge in [-0.1, -0.05) is 24.2 Å². The van der Waals surface area contributed by atoms with E-state index >= 15 is 0 Å². The fourth-order valence-electron chi connectivity index (χ4n) is 2.40. The number of carbonyl (C=O) groups is 1. The summed E-state index contributed by atoms with van der Waals surface area (Å²) < 4.78 is 5.29. The Hall–Kier alpha value is -1.65. The van der Waals surface area contributed by atoms with E-state index < -0.39 is 11.9 Å². The van der Waals surface area contributed by atoms with Crippen LogP contribution in [-0.2, 0) is 10.2 Å². The second-order valence-electron chi connectivity index (χ2n) is 5.51. The van der Waals surface area contributed by atoms with Crippen molar-refractivity contribution in [3.05, 3.63) is 23.9 Å². The molecule has 0 bridgehead atoms. The second kappa shape index (κ2) is 3.93. The molecule has 96 valence electrons. The highest BCUT2D eigenvalue weighted by Gasteiger charge is 2.44. The first kappa shape index (κ1) is 11.4. The smallest absolute Gasteiger partial charge is 0.307 e. The van der Waals surface area contributed by atoms with Crippen molar-refractivity contribution in [3.63, 3.8) is 0 Å². The monoisotopic (exact) mass is 248 g/mol. The van der Waals surface area contributed by atoms with E-state index in [0.717, 1.165) is 18.7 Å². The van der Waals surface area contributed by atoms with Crippen LogP contribution >= 0.6 is 0 Å². The van der Waals surface area contributed by atoms with Crippen LogP contribution < -0.4 is 0 Å². The predicted molar refractivity (Wildman–Crippen MR) is 63.1 cm³/mol. The van der Waals surface area contributed by atoms with E-state index in [-0.39, 0.29) is 11.3 Å². The average Bonchev–Trinajstić information content (AvgIpc) is 2.94. The number of allylic oxidation sites excluding steroid dienone is 2. The van der Waals surface area contributed by atoms with Gasteiger partial charge in [0.05, 0.1) is 11.8 Å². The van der Waals surface area contributed by atoms with E-state index in [2.05, 4.69) is 17.1 Å². The number of nitrogens with zero attached hydrogens (tertiary/aromatic N) is 2. The van der Waals surface area contributed by atoms with Gasteiger partial charge in [-0.2, -0.15) is 4.98 Å². The van der Waals surface area contributed by atoms with E-state index in [1.807, 2.05) is 12.2 Å². The fourth-order valence-corrected chi connectivity index (χ4v) is 2.40. The SMILES string of the molecule is CC1(c2noc([C@@H]3CC=CC[C@@H]3C(=O)O)n2)CC1. The molecular formula is C13H16N2O3. The van der Waals surface area contributed by atoms with E-state index in [4.69, 9.17) is 4.52 Å². The molecule has 1 fully saturated rings. The molecule has 0 amide bonds. The van der Waals surface area contributed by atoms with Crippen LogP contribution in [0.2, 0.25) is 0 Å². The molecule has 2 aliphatic carbocycles. The van der Waals surface area contributed by atoms with Gasteiger partial charge in [0.2, 0.25) is 5.89 Å². The largest absolute Gasteiger partial charge is 0.481 e. The molecule has 5 heteroatoms. The zero-order valence-electron chi connectivity index (χ0n) is 10.3. The number of hydrogen-bond acceptors (Lipinski definition) is 4. The number of aliphatic carboxylic acids is 1. The zero-order valence-corrected chi connectivity index (χ0v) is 10.3. The van der Waals surface area contributed by atoms with E-state index in [1.54, 1.807) is 0 Å². The standard InChI is InChI=1S/C13H16N2O3/c1-13(6-7-13)12-14-10(18-15-12)8-4-2-3-5-9(8)11(16)17/h2-3,8-9H,4-7H2,1H3,(H,16,17)/t8-,9+/m1/s1. The molecule has 1 heterocycles. The molecule has 0 aromatic carbocycles. The lowest BCUT2D eigenvalue weighted by Crippen LogP contribution is -2.23. The van der Waals surface area contributed by atoms with Crippen molar-refractivity contribution in [1.29, 1.82) is 0 Å². The van der Waals surface area contributed by atoms with Crippen LogP contribution in [0.15, 0.2) is 16.7 Å². The van der Waals surface area contributed by atoms with Gasteiger partial charge in [-0.05, 0) is 25.7 Å². The Morgan fingerprint density at radius 1 is 1.44 bits per heavy atom. The van der Waals surface area contributed by atoms with E-state index in [0.29, 0.717) is 18.7 Å². The number of aromatic nitrogens is 2. The van der Waals surface area contributed by atoms with Crippen molar-refractivity contribution in [2.45, 2.75) is 43.9 Å². The van der Waals surface area contributed by atoms with Crippen LogP contribution in [0.4, 0.5) is 0 Å². The third kappa shape index (κ3) is 1.83. The molecule has 0 saturated heterocycles. The molecule has 0 spiro atoms. The first-order valence-corrected chi connectivity index (χ1v) is 6.32. The van der Waals surface area contributed by atoms with Gasteiger partial charge in [-0.15, -0.1) is 0 Å². The summed E-state index contributed by atoms with van der Waals surface area (Å²) in [5.74, 6) is -0.209. The van der Waals surface area contributed by atoms with Crippen molar-refractivity contribution in [2.75, 3.05) is 0 Å². The lowest BCUT2D eigenvalue weighted by Gasteiger charge is -2.21. The second-order valence-corrected chi connectivity index (χ2v) is 5.51. The summed E-state index contributed by atoms with van der Waals surface area (Å²) in [6.45, 7) is 2.11. The normalized spacial score (nSPS) is 29.2. The molecule has 1 aromatic heterocycles. The molecule has 0 aliphatic heterocycles. The van der Waals surface area contributed by atoms with Gasteiger partial charge in [0.15, 0.2) is 5.82 Å². The molecule has 1 aromatic rings. The quantitative estimate of drug-likeness (QED) is 0.830. The number of carboxylic acids is 1. The van der Waals surface area contributed by atoms with Crippen molar-refractivity contribution >= 4 is 5.97 Å². The topological polar surface area (TPSA) is 76.2 Å². The maximum absolute atomic E-state index is 11.2. The van der Waals surface area contributed by atoms with E-state index in [9.17, 15) is 9.90 Å². The summed E-state index contributed by atoms with van der Waals surface area (Å²) in [5.41, 5.74) is 0.0605. The molecular weight excluding hydrogens is 232 g/mol. The molecule has 0 radical (unpaired) electrons. The fraction of sp³-hybridized carbons (Fsp3) is 0.615. The number of rotatable bonds is 3. The summed E-state index contributed by atoms with van der Waals surface area (Å²) in [7, 11) is 0. The minimum atomic E-state index is -0.790. The van der Waals surface area contributed by atoms with Crippen LogP contribution in [0.1, 0.15) is 50.2 Å². The Morgan fingerprint density at radius 2 is 2.17 bits per heavy atom. The van der Waals surface area contributed by atoms with Crippen molar-refractivity contribution in [1.82, 2.24) is 10.1 Å². The van der Waals surface area contributed by atoms with Crippen molar-refractivity contribution < 1.29 is 14.4 Å². The van der Waals surface area contributed by atoms with Crippen molar-refractivity contribution in [2.24, 2.45) is 5.92 Å². The van der Waals surface area contributed by atoms with Crippen molar-refractivity contribution in [3.8, 4) is 0 Å². The summed E-state index contributed by atoms with van der Waals surface area (Å²) in [5, 5.41) is 13.2. The van der Waals surface area contributed by atoms with Gasteiger partial charge in [-0.25, -0.2) is 0 Å². The van der Waals surface area contributed by atoms with Gasteiger partial charge in [0.25, 0.3) is 0 Å². The lowest BCUT2D eigenvalue weighted by molar-refractivity contribution is -0.142. The third-order valence-corrected chi connectivity index (χ3v) is 4.05. The Morgan fingerprint density at radius 3 is 2.83 bits per heavy atom. The van der Waals surface area contributed by atoms with Crippen LogP contribution in [-0.4, -0.2) is 21.2 Å². The maximum atomic E-state index is 11.2. The average molecular weight is 248 g/mol. The Balaban J connectivity index is 1.86. The number of hydrogen-bond donors (Lipinski definition) is 1. The first-order chi connectivity index (χ1) is 8.60. The number of carboxylic acid groups (broad SMARTS) is 1. The van der Waals surface area contributed by atoms with Gasteiger partial charge in [-0.3, -0.25) is 4.79 Å². The minimum absolute atomic E-state index is 0.0605. The molecule has 3 rings (SSSR count). The zero-order chi connectivity index (χ0) is 12.8. The summed E-state index contributed by atoms with van der Waals surface area (Å²) in [6.07, 6.45) is 7.27. The Labute approximate surface area is 105 Å². The molecule has 1 N–H and O–H groups in total. The summed E-state index contributed by atoms with van der Waals surface area (Å²) >= 11 is 0.